The summed E-state index contributed by atoms with van der Waals surface area (Å²) in [6, 6.07) is 1.73. The topological polar surface area (TPSA) is 60.1 Å². The summed E-state index contributed by atoms with van der Waals surface area (Å²) in [4.78, 5) is 8.04. The average molecular weight is 178 g/mol. The van der Waals surface area contributed by atoms with Gasteiger partial charge in [-0.3, -0.25) is 0 Å². The maximum absolute atomic E-state index is 10.1. The minimum absolute atomic E-state index is 0.426. The quantitative estimate of drug-likeness (QED) is 0.677. The van der Waals surface area contributed by atoms with Crippen molar-refractivity contribution in [2.24, 2.45) is 0 Å². The maximum Gasteiger partial charge on any atom is 0.192 e. The van der Waals surface area contributed by atoms with Crippen LogP contribution in [0.15, 0.2) is 18.5 Å². The molecule has 0 amide bonds. The van der Waals surface area contributed by atoms with E-state index in [1.54, 1.807) is 18.5 Å². The van der Waals surface area contributed by atoms with Crippen molar-refractivity contribution in [3.8, 4) is 0 Å². The van der Waals surface area contributed by atoms with Crippen LogP contribution in [0.4, 0.5) is 0 Å². The molecule has 1 saturated heterocycles. The van der Waals surface area contributed by atoms with Gasteiger partial charge in [0.2, 0.25) is 0 Å². The van der Waals surface area contributed by atoms with E-state index in [1.165, 1.54) is 0 Å². The fraction of sp³-hybridized carbons (Fsp3) is 0.556. The number of aromatic nitrogens is 2. The maximum atomic E-state index is 10.1. The average Bonchev–Trinajstić information content (AvgIpc) is 2.20. The second-order valence-corrected chi connectivity index (χ2v) is 3.23. The first kappa shape index (κ1) is 8.59. The number of aliphatic hydroxyl groups is 1. The SMILES string of the molecule is OC1(c2ncccn2)CCCC[N]1. The molecule has 1 aromatic heterocycles. The zero-order chi connectivity index (χ0) is 9.15. The molecule has 69 valence electrons. The third-order valence-electron chi connectivity index (χ3n) is 2.23. The van der Waals surface area contributed by atoms with Crippen LogP contribution in [0.3, 0.4) is 0 Å². The highest BCUT2D eigenvalue weighted by Gasteiger charge is 2.34. The van der Waals surface area contributed by atoms with Crippen LogP contribution in [0.5, 0.6) is 0 Å². The van der Waals surface area contributed by atoms with E-state index in [-0.39, 0.29) is 0 Å². The van der Waals surface area contributed by atoms with Crippen LogP contribution in [0.25, 0.3) is 0 Å². The van der Waals surface area contributed by atoms with Crippen LogP contribution in [0.2, 0.25) is 0 Å². The molecular formula is C9H12N3O. The summed E-state index contributed by atoms with van der Waals surface area (Å²) in [6.45, 7) is 0.703. The van der Waals surface area contributed by atoms with E-state index in [4.69, 9.17) is 0 Å². The third-order valence-corrected chi connectivity index (χ3v) is 2.23. The van der Waals surface area contributed by atoms with Gasteiger partial charge in [-0.1, -0.05) is 0 Å². The van der Waals surface area contributed by atoms with Gasteiger partial charge in [0.05, 0.1) is 0 Å². The lowest BCUT2D eigenvalue weighted by atomic mass is 10.0. The zero-order valence-electron chi connectivity index (χ0n) is 7.35. The Bertz CT molecular complexity index is 269. The predicted molar refractivity (Wildman–Crippen MR) is 46.8 cm³/mol. The van der Waals surface area contributed by atoms with Crippen molar-refractivity contribution in [2.75, 3.05) is 6.54 Å². The number of piperidine rings is 1. The molecule has 2 rings (SSSR count). The van der Waals surface area contributed by atoms with Crippen LogP contribution in [-0.2, 0) is 5.72 Å². The van der Waals surface area contributed by atoms with Crippen molar-refractivity contribution < 1.29 is 5.11 Å². The van der Waals surface area contributed by atoms with Gasteiger partial charge >= 0.3 is 0 Å². The molecule has 2 heterocycles. The van der Waals surface area contributed by atoms with E-state index >= 15 is 0 Å². The van der Waals surface area contributed by atoms with E-state index in [1.807, 2.05) is 0 Å². The van der Waals surface area contributed by atoms with Crippen molar-refractivity contribution in [1.29, 1.82) is 0 Å². The summed E-state index contributed by atoms with van der Waals surface area (Å²) in [5.41, 5.74) is -1.13. The molecule has 1 aromatic rings. The molecule has 1 atom stereocenters. The molecule has 0 aliphatic carbocycles. The molecule has 0 spiro atoms. The van der Waals surface area contributed by atoms with Gasteiger partial charge < -0.3 is 5.11 Å². The van der Waals surface area contributed by atoms with Crippen molar-refractivity contribution >= 4 is 0 Å². The fourth-order valence-corrected chi connectivity index (χ4v) is 1.51. The summed E-state index contributed by atoms with van der Waals surface area (Å²) in [5.74, 6) is 0.426. The largest absolute Gasteiger partial charge is 0.368 e. The van der Waals surface area contributed by atoms with Gasteiger partial charge in [0.15, 0.2) is 11.5 Å². The summed E-state index contributed by atoms with van der Waals surface area (Å²) >= 11 is 0. The van der Waals surface area contributed by atoms with E-state index in [0.29, 0.717) is 18.8 Å². The predicted octanol–water partition coefficient (Wildman–Crippen LogP) is 0.410. The zero-order valence-corrected chi connectivity index (χ0v) is 7.35. The molecule has 1 fully saturated rings. The molecule has 0 bridgehead atoms. The molecule has 4 heteroatoms. The second kappa shape index (κ2) is 3.40. The molecule has 1 unspecified atom stereocenters. The van der Waals surface area contributed by atoms with Crippen molar-refractivity contribution in [2.45, 2.75) is 25.0 Å². The van der Waals surface area contributed by atoms with Gasteiger partial charge in [0, 0.05) is 18.9 Å². The first-order chi connectivity index (χ1) is 6.31. The molecule has 1 aliphatic rings. The lowest BCUT2D eigenvalue weighted by molar-refractivity contribution is -0.0362. The van der Waals surface area contributed by atoms with Gasteiger partial charge in [-0.25, -0.2) is 15.3 Å². The van der Waals surface area contributed by atoms with Crippen LogP contribution >= 0.6 is 0 Å². The molecule has 0 aromatic carbocycles. The lowest BCUT2D eigenvalue weighted by Crippen LogP contribution is -2.41. The Labute approximate surface area is 77.0 Å². The number of rotatable bonds is 1. The van der Waals surface area contributed by atoms with Gasteiger partial charge in [-0.05, 0) is 25.3 Å². The van der Waals surface area contributed by atoms with Crippen molar-refractivity contribution in [1.82, 2.24) is 15.3 Å². The van der Waals surface area contributed by atoms with Crippen LogP contribution in [-0.4, -0.2) is 21.6 Å². The molecule has 1 N–H and O–H groups in total. The first-order valence-electron chi connectivity index (χ1n) is 4.50. The molecule has 4 nitrogen and oxygen atoms in total. The van der Waals surface area contributed by atoms with Gasteiger partial charge in [-0.15, -0.1) is 0 Å². The molecule has 1 radical (unpaired) electrons. The monoisotopic (exact) mass is 178 g/mol. The van der Waals surface area contributed by atoms with Gasteiger partial charge in [0.1, 0.15) is 0 Å². The van der Waals surface area contributed by atoms with E-state index in [0.717, 1.165) is 12.8 Å². The minimum Gasteiger partial charge on any atom is -0.368 e. The Morgan fingerprint density at radius 1 is 1.23 bits per heavy atom. The minimum atomic E-state index is -1.13. The standard InChI is InChI=1S/C9H12N3O/c13-9(4-1-2-7-12-9)8-10-5-3-6-11-8/h3,5-6,13H,1-2,4,7H2. The Balaban J connectivity index is 2.23. The second-order valence-electron chi connectivity index (χ2n) is 3.23. The lowest BCUT2D eigenvalue weighted by Gasteiger charge is -2.29. The summed E-state index contributed by atoms with van der Waals surface area (Å²) < 4.78 is 0. The van der Waals surface area contributed by atoms with Crippen LogP contribution < -0.4 is 5.32 Å². The van der Waals surface area contributed by atoms with E-state index < -0.39 is 5.72 Å². The Kier molecular flexibility index (Phi) is 2.24. The molecular weight excluding hydrogens is 166 g/mol. The van der Waals surface area contributed by atoms with Crippen molar-refractivity contribution in [3.63, 3.8) is 0 Å². The Morgan fingerprint density at radius 3 is 2.62 bits per heavy atom. The van der Waals surface area contributed by atoms with Crippen LogP contribution in [0.1, 0.15) is 25.1 Å². The third kappa shape index (κ3) is 1.68. The number of hydrogen-bond acceptors (Lipinski definition) is 3. The van der Waals surface area contributed by atoms with Gasteiger partial charge in [-0.2, -0.15) is 0 Å². The highest BCUT2D eigenvalue weighted by Crippen LogP contribution is 2.25. The summed E-state index contributed by atoms with van der Waals surface area (Å²) in [7, 11) is 0. The van der Waals surface area contributed by atoms with Crippen molar-refractivity contribution in [3.05, 3.63) is 24.3 Å². The highest BCUT2D eigenvalue weighted by molar-refractivity contribution is 5.01. The number of hydrogen-bond donors (Lipinski definition) is 1. The Hall–Kier alpha value is -1.00. The number of nitrogens with zero attached hydrogens (tertiary/aromatic N) is 3. The summed E-state index contributed by atoms with van der Waals surface area (Å²) in [5, 5.41) is 14.2. The fourth-order valence-electron chi connectivity index (χ4n) is 1.51. The smallest absolute Gasteiger partial charge is 0.192 e. The molecule has 1 aliphatic heterocycles. The first-order valence-corrected chi connectivity index (χ1v) is 4.50. The van der Waals surface area contributed by atoms with Crippen LogP contribution in [0, 0.1) is 0 Å². The summed E-state index contributed by atoms with van der Waals surface area (Å²) in [6.07, 6.45) is 5.93. The molecule has 13 heavy (non-hydrogen) atoms. The Morgan fingerprint density at radius 2 is 2.00 bits per heavy atom. The molecule has 0 saturated carbocycles. The highest BCUT2D eigenvalue weighted by atomic mass is 16.3. The van der Waals surface area contributed by atoms with Gasteiger partial charge in [0.25, 0.3) is 0 Å². The normalized spacial score (nSPS) is 28.7. The van der Waals surface area contributed by atoms with E-state index in [2.05, 4.69) is 15.3 Å². The van der Waals surface area contributed by atoms with E-state index in [9.17, 15) is 5.11 Å².